The van der Waals surface area contributed by atoms with Gasteiger partial charge in [0, 0.05) is 0 Å². The van der Waals surface area contributed by atoms with Gasteiger partial charge < -0.3 is 5.32 Å². The molecule has 2 aliphatic rings. The van der Waals surface area contributed by atoms with E-state index in [1.807, 2.05) is 30.1 Å². The Hall–Kier alpha value is -1.99. The zero-order chi connectivity index (χ0) is 18.3. The highest BCUT2D eigenvalue weighted by atomic mass is 32.1. The number of amides is 3. The summed E-state index contributed by atoms with van der Waals surface area (Å²) in [7, 11) is 1.92. The maximum atomic E-state index is 13.0. The van der Waals surface area contributed by atoms with Crippen LogP contribution in [0.25, 0.3) is 10.2 Å². The zero-order valence-corrected chi connectivity index (χ0v) is 16.0. The van der Waals surface area contributed by atoms with Crippen molar-refractivity contribution in [2.75, 3.05) is 13.7 Å². The number of carbonyl (C=O) groups is 2. The number of rotatable bonds is 4. The maximum Gasteiger partial charge on any atom is 0.326 e. The van der Waals surface area contributed by atoms with E-state index in [2.05, 4.69) is 23.3 Å². The van der Waals surface area contributed by atoms with Crippen molar-refractivity contribution in [1.82, 2.24) is 20.1 Å². The lowest BCUT2D eigenvalue weighted by atomic mass is 9.73. The molecule has 2 fully saturated rings. The van der Waals surface area contributed by atoms with Crippen LogP contribution in [0.5, 0.6) is 0 Å². The lowest BCUT2D eigenvalue weighted by molar-refractivity contribution is -0.135. The average Bonchev–Trinajstić information content (AvgIpc) is 3.12. The highest BCUT2D eigenvalue weighted by Gasteiger charge is 2.54. The third-order valence-corrected chi connectivity index (χ3v) is 6.65. The van der Waals surface area contributed by atoms with E-state index in [9.17, 15) is 9.59 Å². The molecule has 1 aromatic heterocycles. The van der Waals surface area contributed by atoms with Crippen molar-refractivity contribution in [2.45, 2.75) is 44.7 Å². The van der Waals surface area contributed by atoms with Crippen LogP contribution in [0.4, 0.5) is 4.79 Å². The monoisotopic (exact) mass is 372 g/mol. The Balaban J connectivity index is 1.46. The first-order chi connectivity index (χ1) is 12.5. The number of nitrogens with one attached hydrogen (secondary N) is 1. The summed E-state index contributed by atoms with van der Waals surface area (Å²) in [6.07, 6.45) is 3.85. The van der Waals surface area contributed by atoms with Crippen LogP contribution >= 0.6 is 11.3 Å². The predicted molar refractivity (Wildman–Crippen MR) is 102 cm³/mol. The summed E-state index contributed by atoms with van der Waals surface area (Å²) in [6, 6.07) is 7.78. The van der Waals surface area contributed by atoms with E-state index in [-0.39, 0.29) is 24.5 Å². The number of hydrogen-bond acceptors (Lipinski definition) is 5. The van der Waals surface area contributed by atoms with Crippen molar-refractivity contribution < 1.29 is 9.59 Å². The molecule has 1 saturated heterocycles. The summed E-state index contributed by atoms with van der Waals surface area (Å²) in [5.74, 6) is 0.123. The first-order valence-corrected chi connectivity index (χ1v) is 9.98. The van der Waals surface area contributed by atoms with E-state index in [4.69, 9.17) is 0 Å². The number of fused-ring (bicyclic) bond motifs is 1. The molecule has 1 aliphatic heterocycles. The second-order valence-electron chi connectivity index (χ2n) is 7.51. The number of urea groups is 1. The van der Waals surface area contributed by atoms with Crippen LogP contribution in [-0.2, 0) is 11.3 Å². The molecule has 2 atom stereocenters. The van der Waals surface area contributed by atoms with Gasteiger partial charge in [-0.2, -0.15) is 0 Å². The first-order valence-electron chi connectivity index (χ1n) is 9.17. The van der Waals surface area contributed by atoms with Crippen LogP contribution in [-0.4, -0.2) is 46.0 Å². The number of imide groups is 1. The van der Waals surface area contributed by atoms with Crippen molar-refractivity contribution in [2.24, 2.45) is 5.92 Å². The molecule has 1 aliphatic carbocycles. The molecular formula is C19H24N4O2S. The molecule has 2 heterocycles. The highest BCUT2D eigenvalue weighted by molar-refractivity contribution is 7.18. The molecule has 3 amide bonds. The van der Waals surface area contributed by atoms with E-state index in [0.29, 0.717) is 6.54 Å². The largest absolute Gasteiger partial charge is 0.326 e. The fourth-order valence-electron chi connectivity index (χ4n) is 4.13. The molecule has 2 aromatic rings. The Kier molecular flexibility index (Phi) is 4.44. The normalized spacial score (nSPS) is 26.3. The molecule has 1 saturated carbocycles. The Morgan fingerprint density at radius 3 is 2.92 bits per heavy atom. The fraction of sp³-hybridized carbons (Fsp3) is 0.526. The molecule has 4 rings (SSSR count). The summed E-state index contributed by atoms with van der Waals surface area (Å²) in [6.45, 7) is 2.97. The predicted octanol–water partition coefficient (Wildman–Crippen LogP) is 3.19. The van der Waals surface area contributed by atoms with Gasteiger partial charge in [0.05, 0.1) is 23.4 Å². The van der Waals surface area contributed by atoms with E-state index >= 15 is 0 Å². The molecule has 6 nitrogen and oxygen atoms in total. The summed E-state index contributed by atoms with van der Waals surface area (Å²) >= 11 is 1.65. The number of hydrogen-bond donors (Lipinski definition) is 1. The van der Waals surface area contributed by atoms with Crippen LogP contribution < -0.4 is 5.32 Å². The first kappa shape index (κ1) is 17.4. The summed E-state index contributed by atoms with van der Waals surface area (Å²) in [4.78, 5) is 33.5. The smallest absolute Gasteiger partial charge is 0.323 e. The molecule has 0 unspecified atom stereocenters. The van der Waals surface area contributed by atoms with Gasteiger partial charge in [-0.25, -0.2) is 14.7 Å². The van der Waals surface area contributed by atoms with E-state index < -0.39 is 5.54 Å². The summed E-state index contributed by atoms with van der Waals surface area (Å²) in [5, 5.41) is 3.99. The molecule has 1 aromatic carbocycles. The molecule has 26 heavy (non-hydrogen) atoms. The van der Waals surface area contributed by atoms with Gasteiger partial charge in [-0.05, 0) is 37.9 Å². The summed E-state index contributed by atoms with van der Waals surface area (Å²) in [5.41, 5.74) is 0.303. The quantitative estimate of drug-likeness (QED) is 0.837. The van der Waals surface area contributed by atoms with Gasteiger partial charge >= 0.3 is 6.03 Å². The number of nitrogens with zero attached hydrogens (tertiary/aromatic N) is 3. The lowest BCUT2D eigenvalue weighted by Crippen LogP contribution is -2.54. The lowest BCUT2D eigenvalue weighted by Gasteiger charge is -2.37. The molecular weight excluding hydrogens is 348 g/mol. The second kappa shape index (κ2) is 6.63. The van der Waals surface area contributed by atoms with Crippen molar-refractivity contribution in [1.29, 1.82) is 0 Å². The van der Waals surface area contributed by atoms with Crippen LogP contribution in [0.2, 0.25) is 0 Å². The summed E-state index contributed by atoms with van der Waals surface area (Å²) < 4.78 is 1.15. The third kappa shape index (κ3) is 2.89. The second-order valence-corrected chi connectivity index (χ2v) is 8.63. The van der Waals surface area contributed by atoms with Crippen molar-refractivity contribution >= 4 is 33.5 Å². The van der Waals surface area contributed by atoms with Crippen LogP contribution in [0.15, 0.2) is 24.3 Å². The molecule has 7 heteroatoms. The topological polar surface area (TPSA) is 65.5 Å². The van der Waals surface area contributed by atoms with Crippen LogP contribution in [0.3, 0.4) is 0 Å². The number of thiazole rings is 1. The van der Waals surface area contributed by atoms with Gasteiger partial charge in [-0.3, -0.25) is 9.69 Å². The SMILES string of the molecule is C[C@H]1CCCC[C@]12NC(=O)N(CN(C)Cc1nc3ccccc3s1)C2=O. The number of carbonyl (C=O) groups excluding carboxylic acids is 2. The molecule has 0 bridgehead atoms. The maximum absolute atomic E-state index is 13.0. The van der Waals surface area contributed by atoms with Gasteiger partial charge in [0.2, 0.25) is 0 Å². The third-order valence-electron chi connectivity index (χ3n) is 5.63. The van der Waals surface area contributed by atoms with Crippen molar-refractivity contribution in [3.05, 3.63) is 29.3 Å². The zero-order valence-electron chi connectivity index (χ0n) is 15.2. The van der Waals surface area contributed by atoms with Crippen molar-refractivity contribution in [3.63, 3.8) is 0 Å². The molecule has 138 valence electrons. The number of aromatic nitrogens is 1. The van der Waals surface area contributed by atoms with Gasteiger partial charge in [0.25, 0.3) is 5.91 Å². The Morgan fingerprint density at radius 2 is 2.15 bits per heavy atom. The minimum Gasteiger partial charge on any atom is -0.323 e. The van der Waals surface area contributed by atoms with Crippen LogP contribution in [0.1, 0.15) is 37.6 Å². The Labute approximate surface area is 157 Å². The van der Waals surface area contributed by atoms with Gasteiger partial charge in [0.1, 0.15) is 10.5 Å². The Morgan fingerprint density at radius 1 is 1.35 bits per heavy atom. The van der Waals surface area contributed by atoms with E-state index in [1.54, 1.807) is 11.3 Å². The molecule has 1 N–H and O–H groups in total. The number of benzene rings is 1. The minimum absolute atomic E-state index is 0.0640. The average molecular weight is 372 g/mol. The minimum atomic E-state index is -0.688. The molecule has 0 radical (unpaired) electrons. The standard InChI is InChI=1S/C19H24N4O2S/c1-13-7-5-6-10-19(13)17(24)23(18(25)21-19)12-22(2)11-16-20-14-8-3-4-9-15(14)26-16/h3-4,8-9,13H,5-7,10-12H2,1-2H3,(H,21,25)/t13-,19-/m0/s1. The fourth-order valence-corrected chi connectivity index (χ4v) is 5.18. The van der Waals surface area contributed by atoms with Crippen molar-refractivity contribution in [3.8, 4) is 0 Å². The molecule has 1 spiro atoms. The Bertz CT molecular complexity index is 818. The van der Waals surface area contributed by atoms with Crippen LogP contribution in [0, 0.1) is 5.92 Å². The van der Waals surface area contributed by atoms with Gasteiger partial charge in [-0.15, -0.1) is 11.3 Å². The van der Waals surface area contributed by atoms with E-state index in [1.165, 1.54) is 4.90 Å². The highest BCUT2D eigenvalue weighted by Crippen LogP contribution is 2.38. The van der Waals surface area contributed by atoms with Gasteiger partial charge in [0.15, 0.2) is 0 Å². The van der Waals surface area contributed by atoms with Gasteiger partial charge in [-0.1, -0.05) is 31.9 Å². The van der Waals surface area contributed by atoms with E-state index in [0.717, 1.165) is 40.9 Å². The number of para-hydroxylation sites is 1.